The van der Waals surface area contributed by atoms with E-state index in [1.165, 1.54) is 0 Å². The number of fused-ring (bicyclic) bond motifs is 2. The van der Waals surface area contributed by atoms with E-state index in [1.54, 1.807) is 11.7 Å². The maximum absolute atomic E-state index is 9.70. The largest absolute Gasteiger partial charge is 0.496 e. The Balaban J connectivity index is 2.21. The van der Waals surface area contributed by atoms with Crippen molar-refractivity contribution in [3.05, 3.63) is 51.5 Å². The molecule has 4 rings (SSSR count). The predicted molar refractivity (Wildman–Crippen MR) is 109 cm³/mol. The van der Waals surface area contributed by atoms with E-state index in [0.717, 1.165) is 27.0 Å². The predicted octanol–water partition coefficient (Wildman–Crippen LogP) is 4.42. The lowest BCUT2D eigenvalue weighted by Gasteiger charge is -2.16. The van der Waals surface area contributed by atoms with Gasteiger partial charge in [-0.15, -0.1) is 0 Å². The van der Waals surface area contributed by atoms with Crippen molar-refractivity contribution in [1.82, 2.24) is 14.5 Å². The molecule has 7 heteroatoms. The smallest absolute Gasteiger partial charge is 0.167 e. The van der Waals surface area contributed by atoms with Gasteiger partial charge in [-0.05, 0) is 53.5 Å². The number of hydrogen-bond donors (Lipinski definition) is 1. The van der Waals surface area contributed by atoms with Gasteiger partial charge in [0.05, 0.1) is 18.3 Å². The summed E-state index contributed by atoms with van der Waals surface area (Å²) in [5.74, 6) is 1.06. The Morgan fingerprint density at radius 2 is 1.93 bits per heavy atom. The zero-order valence-electron chi connectivity index (χ0n) is 15.0. The van der Waals surface area contributed by atoms with Gasteiger partial charge in [0, 0.05) is 10.0 Å². The molecular weight excluding hydrogens is 406 g/mol. The zero-order valence-corrected chi connectivity index (χ0v) is 16.6. The van der Waals surface area contributed by atoms with E-state index in [0.29, 0.717) is 33.6 Å². The number of hydrogen-bond acceptors (Lipinski definition) is 5. The molecule has 0 bridgehead atoms. The van der Waals surface area contributed by atoms with Gasteiger partial charge in [0.25, 0.3) is 0 Å². The second-order valence-corrected chi connectivity index (χ2v) is 7.12. The Bertz CT molecular complexity index is 1270. The van der Waals surface area contributed by atoms with Crippen molar-refractivity contribution in [3.8, 4) is 17.5 Å². The molecule has 2 N–H and O–H groups in total. The van der Waals surface area contributed by atoms with Gasteiger partial charge < -0.3 is 10.5 Å². The Labute approximate surface area is 164 Å². The van der Waals surface area contributed by atoms with Crippen molar-refractivity contribution in [2.45, 2.75) is 13.8 Å². The van der Waals surface area contributed by atoms with Crippen LogP contribution in [0.2, 0.25) is 0 Å². The molecule has 0 aliphatic carbocycles. The van der Waals surface area contributed by atoms with Gasteiger partial charge in [-0.1, -0.05) is 12.1 Å². The number of anilines is 1. The van der Waals surface area contributed by atoms with Crippen molar-refractivity contribution in [3.63, 3.8) is 0 Å². The molecule has 0 unspecified atom stereocenters. The number of para-hydroxylation sites is 1. The number of aromatic nitrogens is 3. The summed E-state index contributed by atoms with van der Waals surface area (Å²) in [6.07, 6.45) is 0. The normalized spacial score (nSPS) is 11.1. The Morgan fingerprint density at radius 1 is 1.15 bits per heavy atom. The van der Waals surface area contributed by atoms with Crippen molar-refractivity contribution < 1.29 is 4.74 Å². The molecule has 4 aromatic rings. The Hall–Kier alpha value is -3.11. The number of rotatable bonds is 2. The molecule has 0 fully saturated rings. The number of nitrogen functional groups attached to an aromatic ring is 1. The summed E-state index contributed by atoms with van der Waals surface area (Å²) in [6.45, 7) is 3.95. The molecule has 0 spiro atoms. The molecule has 0 radical (unpaired) electrons. The Kier molecular flexibility index (Phi) is 4.01. The minimum Gasteiger partial charge on any atom is -0.496 e. The van der Waals surface area contributed by atoms with Crippen molar-refractivity contribution in [1.29, 1.82) is 5.26 Å². The van der Waals surface area contributed by atoms with Gasteiger partial charge in [-0.25, -0.2) is 9.97 Å². The standard InChI is InChI=1S/C20H16BrN5O/c1-10-7-8-15(27-3)11(2)18(10)26-19(23)12(9-22)16-20(26)25-17-13(21)5-4-6-14(17)24-16/h4-8H,23H2,1-3H3. The maximum atomic E-state index is 9.70. The van der Waals surface area contributed by atoms with E-state index < -0.39 is 0 Å². The lowest BCUT2D eigenvalue weighted by molar-refractivity contribution is 0.411. The second kappa shape index (κ2) is 6.25. The van der Waals surface area contributed by atoms with Crippen LogP contribution in [0, 0.1) is 25.2 Å². The monoisotopic (exact) mass is 421 g/mol. The molecular formula is C20H16BrN5O. The third-order valence-corrected chi connectivity index (χ3v) is 5.35. The molecule has 0 saturated carbocycles. The summed E-state index contributed by atoms with van der Waals surface area (Å²) in [4.78, 5) is 9.47. The maximum Gasteiger partial charge on any atom is 0.167 e. The van der Waals surface area contributed by atoms with Crippen LogP contribution >= 0.6 is 15.9 Å². The van der Waals surface area contributed by atoms with Gasteiger partial charge in [-0.2, -0.15) is 5.26 Å². The summed E-state index contributed by atoms with van der Waals surface area (Å²) in [7, 11) is 1.63. The average molecular weight is 422 g/mol. The number of methoxy groups -OCH3 is 1. The van der Waals surface area contributed by atoms with Crippen molar-refractivity contribution >= 4 is 43.9 Å². The summed E-state index contributed by atoms with van der Waals surface area (Å²) < 4.78 is 8.10. The highest BCUT2D eigenvalue weighted by molar-refractivity contribution is 9.10. The summed E-state index contributed by atoms with van der Waals surface area (Å²) >= 11 is 3.53. The number of benzene rings is 2. The molecule has 0 amide bonds. The van der Waals surface area contributed by atoms with E-state index in [9.17, 15) is 5.26 Å². The molecule has 0 atom stereocenters. The third-order valence-electron chi connectivity index (χ3n) is 4.71. The topological polar surface area (TPSA) is 89.8 Å². The number of nitrogens with zero attached hydrogens (tertiary/aromatic N) is 4. The van der Waals surface area contributed by atoms with Crippen LogP contribution in [-0.2, 0) is 0 Å². The van der Waals surface area contributed by atoms with Crippen LogP contribution in [0.25, 0.3) is 27.9 Å². The fourth-order valence-corrected chi connectivity index (χ4v) is 3.87. The number of nitrogens with two attached hydrogens (primary N) is 1. The molecule has 6 nitrogen and oxygen atoms in total. The summed E-state index contributed by atoms with van der Waals surface area (Å²) in [5.41, 5.74) is 11.9. The van der Waals surface area contributed by atoms with Crippen LogP contribution in [0.5, 0.6) is 5.75 Å². The van der Waals surface area contributed by atoms with Gasteiger partial charge in [0.15, 0.2) is 5.65 Å². The molecule has 0 aliphatic rings. The van der Waals surface area contributed by atoms with Crippen LogP contribution in [0.4, 0.5) is 5.82 Å². The first-order valence-electron chi connectivity index (χ1n) is 8.28. The molecule has 134 valence electrons. The number of nitriles is 1. The highest BCUT2D eigenvalue weighted by Gasteiger charge is 2.23. The fourth-order valence-electron chi connectivity index (χ4n) is 3.42. The number of aryl methyl sites for hydroxylation is 1. The lowest BCUT2D eigenvalue weighted by Crippen LogP contribution is -2.06. The average Bonchev–Trinajstić information content (AvgIpc) is 2.92. The van der Waals surface area contributed by atoms with E-state index >= 15 is 0 Å². The highest BCUT2D eigenvalue weighted by atomic mass is 79.9. The van der Waals surface area contributed by atoms with Crippen LogP contribution in [0.3, 0.4) is 0 Å². The first-order chi connectivity index (χ1) is 13.0. The second-order valence-electron chi connectivity index (χ2n) is 6.27. The van der Waals surface area contributed by atoms with Crippen LogP contribution in [0.15, 0.2) is 34.8 Å². The van der Waals surface area contributed by atoms with Crippen molar-refractivity contribution in [2.24, 2.45) is 0 Å². The SMILES string of the molecule is COc1ccc(C)c(-n2c(N)c(C#N)c3nc4cccc(Br)c4nc32)c1C. The summed E-state index contributed by atoms with van der Waals surface area (Å²) in [5, 5.41) is 9.70. The van der Waals surface area contributed by atoms with Crippen molar-refractivity contribution in [2.75, 3.05) is 12.8 Å². The van der Waals surface area contributed by atoms with Gasteiger partial charge in [-0.3, -0.25) is 4.57 Å². The third kappa shape index (κ3) is 2.45. The quantitative estimate of drug-likeness (QED) is 0.517. The Morgan fingerprint density at radius 3 is 2.63 bits per heavy atom. The van der Waals surface area contributed by atoms with E-state index in [2.05, 4.69) is 27.0 Å². The first-order valence-corrected chi connectivity index (χ1v) is 9.08. The van der Waals surface area contributed by atoms with Gasteiger partial charge in [0.2, 0.25) is 0 Å². The molecule has 2 heterocycles. The summed E-state index contributed by atoms with van der Waals surface area (Å²) in [6, 6.07) is 11.7. The molecule has 2 aromatic carbocycles. The molecule has 0 saturated heterocycles. The fraction of sp³-hybridized carbons (Fsp3) is 0.150. The number of ether oxygens (including phenoxy) is 1. The van der Waals surface area contributed by atoms with Gasteiger partial charge >= 0.3 is 0 Å². The van der Waals surface area contributed by atoms with E-state index in [4.69, 9.17) is 15.5 Å². The molecule has 27 heavy (non-hydrogen) atoms. The van der Waals surface area contributed by atoms with Crippen LogP contribution in [-0.4, -0.2) is 21.6 Å². The van der Waals surface area contributed by atoms with E-state index in [1.807, 2.05) is 44.2 Å². The molecule has 2 aromatic heterocycles. The zero-order chi connectivity index (χ0) is 19.3. The lowest BCUT2D eigenvalue weighted by atomic mass is 10.1. The minimum absolute atomic E-state index is 0.318. The minimum atomic E-state index is 0.318. The highest BCUT2D eigenvalue weighted by Crippen LogP contribution is 2.36. The van der Waals surface area contributed by atoms with Crippen LogP contribution < -0.4 is 10.5 Å². The van der Waals surface area contributed by atoms with Crippen LogP contribution in [0.1, 0.15) is 16.7 Å². The van der Waals surface area contributed by atoms with E-state index in [-0.39, 0.29) is 0 Å². The van der Waals surface area contributed by atoms with Gasteiger partial charge in [0.1, 0.15) is 34.2 Å². The first kappa shape index (κ1) is 17.3. The molecule has 0 aliphatic heterocycles. The number of halogens is 1.